The summed E-state index contributed by atoms with van der Waals surface area (Å²) in [6, 6.07) is 41.8. The fourth-order valence-electron chi connectivity index (χ4n) is 4.19. The van der Waals surface area contributed by atoms with E-state index in [0.717, 1.165) is 43.8 Å². The van der Waals surface area contributed by atoms with Gasteiger partial charge in [-0.3, -0.25) is 0 Å². The van der Waals surface area contributed by atoms with E-state index in [9.17, 15) is 0 Å². The Kier molecular flexibility index (Phi) is 22.7. The van der Waals surface area contributed by atoms with E-state index in [0.29, 0.717) is 12.7 Å². The van der Waals surface area contributed by atoms with Gasteiger partial charge in [0.05, 0.1) is 13.7 Å². The lowest BCUT2D eigenvalue weighted by Crippen LogP contribution is -2.03. The molecular formula is C44H60O3. The molecule has 1 aliphatic heterocycles. The van der Waals surface area contributed by atoms with Gasteiger partial charge in [-0.25, -0.2) is 0 Å². The molecule has 3 heteroatoms. The van der Waals surface area contributed by atoms with Crippen molar-refractivity contribution in [2.24, 2.45) is 0 Å². The van der Waals surface area contributed by atoms with Crippen molar-refractivity contribution in [2.45, 2.75) is 87.2 Å². The molecule has 0 bridgehead atoms. The molecule has 6 rings (SSSR count). The Labute approximate surface area is 286 Å². The van der Waals surface area contributed by atoms with Gasteiger partial charge in [0.15, 0.2) is 0 Å². The van der Waals surface area contributed by atoms with E-state index in [2.05, 4.69) is 94.4 Å². The number of hydrogen-bond donors (Lipinski definition) is 0. The van der Waals surface area contributed by atoms with Gasteiger partial charge in [0.25, 0.3) is 0 Å². The highest BCUT2D eigenvalue weighted by molar-refractivity contribution is 5.83. The highest BCUT2D eigenvalue weighted by atomic mass is 16.6. The summed E-state index contributed by atoms with van der Waals surface area (Å²) < 4.78 is 15.5. The third-order valence-corrected chi connectivity index (χ3v) is 7.22. The predicted octanol–water partition coefficient (Wildman–Crippen LogP) is 12.0. The van der Waals surface area contributed by atoms with Crippen LogP contribution in [0.15, 0.2) is 121 Å². The van der Waals surface area contributed by atoms with Crippen molar-refractivity contribution in [1.29, 1.82) is 0 Å². The minimum Gasteiger partial charge on any atom is -0.497 e. The number of rotatable bonds is 8. The maximum absolute atomic E-state index is 5.40. The summed E-state index contributed by atoms with van der Waals surface area (Å²) in [6.45, 7) is 18.3. The molecule has 0 N–H and O–H groups in total. The maximum Gasteiger partial charge on any atom is 0.119 e. The molecule has 1 heterocycles. The lowest BCUT2D eigenvalue weighted by molar-refractivity contribution is 0.263. The maximum atomic E-state index is 5.40. The van der Waals surface area contributed by atoms with Crippen molar-refractivity contribution in [3.05, 3.63) is 144 Å². The zero-order chi connectivity index (χ0) is 34.7. The summed E-state index contributed by atoms with van der Waals surface area (Å²) in [7, 11) is 1.68. The van der Waals surface area contributed by atoms with Crippen LogP contribution in [0.2, 0.25) is 0 Å². The molecule has 5 aromatic carbocycles. The van der Waals surface area contributed by atoms with E-state index in [-0.39, 0.29) is 0 Å². The van der Waals surface area contributed by atoms with Crippen LogP contribution in [0.3, 0.4) is 0 Å². The van der Waals surface area contributed by atoms with Gasteiger partial charge in [0, 0.05) is 0 Å². The van der Waals surface area contributed by atoms with E-state index < -0.39 is 0 Å². The molecule has 1 atom stereocenters. The van der Waals surface area contributed by atoms with Crippen molar-refractivity contribution in [2.75, 3.05) is 20.3 Å². The van der Waals surface area contributed by atoms with Gasteiger partial charge in [-0.15, -0.1) is 0 Å². The Balaban J connectivity index is 0.000000303. The summed E-state index contributed by atoms with van der Waals surface area (Å²) in [5, 5.41) is 2.47. The fourth-order valence-corrected chi connectivity index (χ4v) is 4.19. The van der Waals surface area contributed by atoms with Gasteiger partial charge in [0.1, 0.15) is 24.2 Å². The van der Waals surface area contributed by atoms with Crippen LogP contribution in [0.5, 0.6) is 11.5 Å². The second-order valence-corrected chi connectivity index (χ2v) is 10.3. The van der Waals surface area contributed by atoms with Crippen LogP contribution in [-0.4, -0.2) is 26.4 Å². The first kappa shape index (κ1) is 40.9. The Bertz CT molecular complexity index is 1330. The summed E-state index contributed by atoms with van der Waals surface area (Å²) in [4.78, 5) is 0. The summed E-state index contributed by atoms with van der Waals surface area (Å²) in [6.07, 6.45) is 4.91. The summed E-state index contributed by atoms with van der Waals surface area (Å²) in [5.41, 5.74) is 5.71. The van der Waals surface area contributed by atoms with Gasteiger partial charge in [-0.2, -0.15) is 0 Å². The first-order valence-electron chi connectivity index (χ1n) is 17.6. The van der Waals surface area contributed by atoms with Crippen LogP contribution in [-0.2, 0) is 30.4 Å². The molecule has 3 nitrogen and oxygen atoms in total. The zero-order valence-electron chi connectivity index (χ0n) is 30.6. The standard InChI is InChI=1S/C11H10O.2C10H14.C9H10O2.2C2H6/c1-12-11-7-6-9-4-2-3-5-10(9)8-11;2*1-3-9-5-7-10(4-2)8-6-9;1-2-4-8(5-3-1)10-6-9-7-11-9;2*1-2/h2-8H,1H3;2*5-8H,3-4H2,1-2H3;1-5,9H,6-7H2;2*1-2H3. The molecule has 0 spiro atoms. The summed E-state index contributed by atoms with van der Waals surface area (Å²) in [5.74, 6) is 1.83. The molecule has 47 heavy (non-hydrogen) atoms. The number of benzene rings is 5. The highest BCUT2D eigenvalue weighted by Gasteiger charge is 2.22. The van der Waals surface area contributed by atoms with Gasteiger partial charge in [-0.1, -0.05) is 152 Å². The topological polar surface area (TPSA) is 31.0 Å². The van der Waals surface area contributed by atoms with E-state index >= 15 is 0 Å². The number of hydrogen-bond acceptors (Lipinski definition) is 3. The molecule has 254 valence electrons. The molecule has 0 amide bonds. The first-order chi connectivity index (χ1) is 23.1. The second kappa shape index (κ2) is 26.0. The molecular weight excluding hydrogens is 576 g/mol. The zero-order valence-corrected chi connectivity index (χ0v) is 30.6. The molecule has 0 saturated carbocycles. The van der Waals surface area contributed by atoms with E-state index in [1.54, 1.807) is 7.11 Å². The van der Waals surface area contributed by atoms with Gasteiger partial charge < -0.3 is 14.2 Å². The number of ether oxygens (including phenoxy) is 3. The number of fused-ring (bicyclic) bond motifs is 1. The van der Waals surface area contributed by atoms with Crippen molar-refractivity contribution in [3.63, 3.8) is 0 Å². The second-order valence-electron chi connectivity index (χ2n) is 10.3. The average molecular weight is 637 g/mol. The van der Waals surface area contributed by atoms with Crippen molar-refractivity contribution < 1.29 is 14.2 Å². The van der Waals surface area contributed by atoms with Crippen molar-refractivity contribution >= 4 is 10.8 Å². The SMILES string of the molecule is CC.CC.CCc1ccc(CC)cc1.CCc1ccc(CC)cc1.COc1ccc2ccccc2c1.c1ccc(OCC2CO2)cc1. The molecule has 1 fully saturated rings. The highest BCUT2D eigenvalue weighted by Crippen LogP contribution is 2.19. The van der Waals surface area contributed by atoms with Gasteiger partial charge >= 0.3 is 0 Å². The minimum atomic E-state index is 0.343. The van der Waals surface area contributed by atoms with Crippen LogP contribution >= 0.6 is 0 Å². The Hall–Kier alpha value is -4.08. The van der Waals surface area contributed by atoms with Crippen molar-refractivity contribution in [1.82, 2.24) is 0 Å². The fraction of sp³-hybridized carbons (Fsp3) is 0.364. The predicted molar refractivity (Wildman–Crippen MR) is 205 cm³/mol. The number of aryl methyl sites for hydroxylation is 4. The van der Waals surface area contributed by atoms with Gasteiger partial charge in [-0.05, 0) is 83.0 Å². The smallest absolute Gasteiger partial charge is 0.119 e. The molecule has 1 aliphatic rings. The van der Waals surface area contributed by atoms with E-state index in [1.165, 1.54) is 33.0 Å². The molecule has 0 aliphatic carbocycles. The third kappa shape index (κ3) is 17.4. The van der Waals surface area contributed by atoms with E-state index in [4.69, 9.17) is 14.2 Å². The Morgan fingerprint density at radius 1 is 0.511 bits per heavy atom. The molecule has 1 unspecified atom stereocenters. The Morgan fingerprint density at radius 3 is 1.30 bits per heavy atom. The minimum absolute atomic E-state index is 0.343. The third-order valence-electron chi connectivity index (χ3n) is 7.22. The van der Waals surface area contributed by atoms with Crippen LogP contribution in [0.4, 0.5) is 0 Å². The number of para-hydroxylation sites is 1. The van der Waals surface area contributed by atoms with Crippen LogP contribution in [0.25, 0.3) is 10.8 Å². The summed E-state index contributed by atoms with van der Waals surface area (Å²) >= 11 is 0. The largest absolute Gasteiger partial charge is 0.497 e. The molecule has 1 saturated heterocycles. The number of methoxy groups -OCH3 is 1. The van der Waals surface area contributed by atoms with Crippen LogP contribution in [0, 0.1) is 0 Å². The quantitative estimate of drug-likeness (QED) is 0.159. The van der Waals surface area contributed by atoms with Gasteiger partial charge in [0.2, 0.25) is 0 Å². The van der Waals surface area contributed by atoms with E-state index in [1.807, 2.05) is 82.3 Å². The molecule has 0 aromatic heterocycles. The number of epoxide rings is 1. The normalized spacial score (nSPS) is 12.0. The Morgan fingerprint density at radius 2 is 0.915 bits per heavy atom. The monoisotopic (exact) mass is 636 g/mol. The van der Waals surface area contributed by atoms with Crippen molar-refractivity contribution in [3.8, 4) is 11.5 Å². The molecule has 5 aromatic rings. The average Bonchev–Trinajstić information content (AvgIpc) is 4.01. The molecule has 0 radical (unpaired) electrons. The van der Waals surface area contributed by atoms with Crippen LogP contribution in [0.1, 0.15) is 77.6 Å². The first-order valence-corrected chi connectivity index (χ1v) is 17.6. The lowest BCUT2D eigenvalue weighted by atomic mass is 10.1. The lowest BCUT2D eigenvalue weighted by Gasteiger charge is -2.01. The van der Waals surface area contributed by atoms with Crippen LogP contribution < -0.4 is 9.47 Å².